The topological polar surface area (TPSA) is 23.8 Å². The number of nitrogens with zero attached hydrogens (tertiary/aromatic N) is 1. The molecule has 4 heavy (non-hydrogen) atoms. The largest absolute Gasteiger partial charge is 0 e. The molecule has 0 aliphatic carbocycles. The Morgan fingerprint density at radius 2 is 1.75 bits per heavy atom. The minimum Gasteiger partial charge on any atom is 0 e. The predicted molar refractivity (Wildman–Crippen MR) is 5.61 cm³/mol. The molecule has 0 aliphatic heterocycles. The van der Waals surface area contributed by atoms with E-state index in [1.54, 1.807) is 22.2 Å². The smallest absolute Gasteiger partial charge is 0 e. The van der Waals surface area contributed by atoms with E-state index in [0.29, 0.717) is 0 Å². The van der Waals surface area contributed by atoms with Crippen LogP contribution in [-0.2, 0) is 36.0 Å². The molecule has 0 N–H and O–H groups in total. The Labute approximate surface area is 46.2 Å². The summed E-state index contributed by atoms with van der Waals surface area (Å²) in [5, 5.41) is 7.29. The third kappa shape index (κ3) is 16.9. The Morgan fingerprint density at radius 3 is 1.75 bits per heavy atom. The van der Waals surface area contributed by atoms with Gasteiger partial charge in [0.15, 0.2) is 0 Å². The summed E-state index contributed by atoms with van der Waals surface area (Å²) in [7, 11) is 0. The van der Waals surface area contributed by atoms with Crippen LogP contribution < -0.4 is 0 Å². The summed E-state index contributed by atoms with van der Waals surface area (Å²) >= 11 is 1.77. The Hall–Kier alpha value is 0.659. The van der Waals surface area contributed by atoms with Gasteiger partial charge in [-0.15, -0.1) is 0 Å². The number of hydrogen-bond donors (Lipinski definition) is 0. The van der Waals surface area contributed by atoms with Gasteiger partial charge in [0.2, 0.25) is 0 Å². The predicted octanol–water partition coefficient (Wildman–Crippen LogP) is 0.0118. The molecule has 0 aromatic carbocycles. The molecule has 0 spiro atoms. The van der Waals surface area contributed by atoms with Crippen LogP contribution >= 0.6 is 0 Å². The van der Waals surface area contributed by atoms with E-state index in [2.05, 4.69) is 0 Å². The number of rotatable bonds is 0. The monoisotopic (exact) mass is 128 g/mol. The van der Waals surface area contributed by atoms with E-state index in [0.717, 1.165) is 0 Å². The second-order valence-electron chi connectivity index (χ2n) is 0.100. The molecule has 0 fully saturated rings. The summed E-state index contributed by atoms with van der Waals surface area (Å²) in [6.45, 7) is 0. The maximum atomic E-state index is 7.29. The van der Waals surface area contributed by atoms with E-state index in [9.17, 15) is 0 Å². The van der Waals surface area contributed by atoms with Crippen molar-refractivity contribution in [3.8, 4) is 4.78 Å². The van der Waals surface area contributed by atoms with Crippen LogP contribution in [0.5, 0.6) is 0 Å². The van der Waals surface area contributed by atoms with Gasteiger partial charge < -0.3 is 0 Å². The van der Waals surface area contributed by atoms with Crippen LogP contribution in [-0.4, -0.2) is 0 Å². The van der Waals surface area contributed by atoms with E-state index in [4.69, 9.17) is 5.26 Å². The minimum absolute atomic E-state index is 0. The molecule has 0 aliphatic rings. The Bertz CT molecular complexity index is 27.5. The molecule has 0 unspecified atom stereocenters. The van der Waals surface area contributed by atoms with Gasteiger partial charge in [-0.25, -0.2) is 0 Å². The summed E-state index contributed by atoms with van der Waals surface area (Å²) in [6.07, 6.45) is 0. The van der Waals surface area contributed by atoms with Crippen LogP contribution in [0.3, 0.4) is 0 Å². The molecule has 0 rings (SSSR count). The second-order valence-corrected chi connectivity index (χ2v) is 0.412. The first-order valence-corrected chi connectivity index (χ1v) is 1.15. The molecule has 0 aromatic heterocycles. The van der Waals surface area contributed by atoms with Gasteiger partial charge >= 0.3 is 27.5 Å². The van der Waals surface area contributed by atoms with Crippen LogP contribution in [0, 0.1) is 10.0 Å². The normalized spacial score (nSPS) is 1.75. The van der Waals surface area contributed by atoms with Crippen LogP contribution in [0.4, 0.5) is 0 Å². The van der Waals surface area contributed by atoms with Gasteiger partial charge in [0.05, 0.1) is 0 Å². The van der Waals surface area contributed by atoms with Crippen molar-refractivity contribution in [2.75, 3.05) is 0 Å². The molecular formula is CNV2. The molecule has 1 radical (unpaired) electrons. The van der Waals surface area contributed by atoms with Gasteiger partial charge in [-0.05, 0) is 0 Å². The minimum atomic E-state index is 0. The van der Waals surface area contributed by atoms with Gasteiger partial charge in [0.25, 0.3) is 0 Å². The van der Waals surface area contributed by atoms with Gasteiger partial charge in [0, 0.05) is 18.6 Å². The average Bonchev–Trinajstić information content (AvgIpc) is 0.918. The molecule has 0 bridgehead atoms. The van der Waals surface area contributed by atoms with Gasteiger partial charge in [0.1, 0.15) is 0 Å². The first-order valence-electron chi connectivity index (χ1n) is 0.447. The van der Waals surface area contributed by atoms with Gasteiger partial charge in [-0.3, -0.25) is 0 Å². The summed E-state index contributed by atoms with van der Waals surface area (Å²) in [5.41, 5.74) is 0. The second kappa shape index (κ2) is 9.40. The van der Waals surface area contributed by atoms with Crippen molar-refractivity contribution in [1.29, 1.82) is 5.26 Å². The zero-order valence-electron chi connectivity index (χ0n) is 1.84. The van der Waals surface area contributed by atoms with E-state index >= 15 is 0 Å². The average molecular weight is 128 g/mol. The standard InChI is InChI=1S/CN.2V/c1-2;;. The first-order chi connectivity index (χ1) is 1.41. The Kier molecular flexibility index (Phi) is 20.7. The maximum absolute atomic E-state index is 7.29. The number of nitriles is 1. The van der Waals surface area contributed by atoms with E-state index < -0.39 is 0 Å². The van der Waals surface area contributed by atoms with Crippen molar-refractivity contribution in [3.63, 3.8) is 0 Å². The number of hydrogen-bond acceptors (Lipinski definition) is 1. The van der Waals surface area contributed by atoms with Crippen molar-refractivity contribution in [1.82, 2.24) is 0 Å². The zero-order valence-corrected chi connectivity index (χ0v) is 4.64. The molecule has 0 saturated carbocycles. The first kappa shape index (κ1) is 8.82. The molecule has 0 atom stereocenters. The van der Waals surface area contributed by atoms with Crippen molar-refractivity contribution in [2.45, 2.75) is 0 Å². The fourth-order valence-corrected chi connectivity index (χ4v) is 0. The molecular weight excluding hydrogens is 128 g/mol. The van der Waals surface area contributed by atoms with Crippen molar-refractivity contribution in [3.05, 3.63) is 0 Å². The van der Waals surface area contributed by atoms with E-state index in [1.165, 1.54) is 0 Å². The summed E-state index contributed by atoms with van der Waals surface area (Å²) in [6, 6.07) is 0. The Balaban J connectivity index is 0. The maximum Gasteiger partial charge on any atom is 0 e. The quantitative estimate of drug-likeness (QED) is 0.450. The fourth-order valence-electron chi connectivity index (χ4n) is 0. The van der Waals surface area contributed by atoms with Crippen molar-refractivity contribution in [2.24, 2.45) is 0 Å². The summed E-state index contributed by atoms with van der Waals surface area (Å²) < 4.78 is 0. The summed E-state index contributed by atoms with van der Waals surface area (Å²) in [5.74, 6) is 0. The third-order valence-corrected chi connectivity index (χ3v) is 0. The Morgan fingerprint density at radius 1 is 1.75 bits per heavy atom. The van der Waals surface area contributed by atoms with Gasteiger partial charge in [-0.1, -0.05) is 0 Å². The van der Waals surface area contributed by atoms with E-state index in [1.807, 2.05) is 0 Å². The van der Waals surface area contributed by atoms with E-state index in [-0.39, 0.29) is 18.6 Å². The third-order valence-electron chi connectivity index (χ3n) is 0. The zero-order chi connectivity index (χ0) is 2.71. The fraction of sp³-hybridized carbons (Fsp3) is 0. The van der Waals surface area contributed by atoms with Crippen molar-refractivity contribution >= 4 is 0 Å². The van der Waals surface area contributed by atoms with Crippen LogP contribution in [0.2, 0.25) is 0 Å². The molecule has 0 amide bonds. The van der Waals surface area contributed by atoms with Crippen LogP contribution in [0.25, 0.3) is 0 Å². The van der Waals surface area contributed by atoms with Gasteiger partial charge in [-0.2, -0.15) is 0 Å². The molecule has 3 heteroatoms. The molecule has 0 saturated heterocycles. The molecule has 1 nitrogen and oxygen atoms in total. The van der Waals surface area contributed by atoms with Crippen LogP contribution in [0.1, 0.15) is 0 Å². The summed E-state index contributed by atoms with van der Waals surface area (Å²) in [4.78, 5) is 1.69. The van der Waals surface area contributed by atoms with Crippen molar-refractivity contribution < 1.29 is 36.0 Å². The van der Waals surface area contributed by atoms with Crippen LogP contribution in [0.15, 0.2) is 0 Å². The SMILES string of the molecule is N#[C][V].[V]. The molecule has 19 valence electrons. The molecule has 0 heterocycles. The molecule has 0 aromatic rings.